The normalized spacial score (nSPS) is 13.4. The lowest BCUT2D eigenvalue weighted by atomic mass is 9.90. The summed E-state index contributed by atoms with van der Waals surface area (Å²) in [7, 11) is 0. The maximum absolute atomic E-state index is 12.2. The standard InChI is InChI=1S/C9H6BF6/c11-9(12,13)8-3-1-2-7(6-8)4-5-10(14,15)16/h1-6H/q-1/b5-4+. The molecular formula is C9H6BF6-. The van der Waals surface area contributed by atoms with Gasteiger partial charge in [-0.3, -0.25) is 0 Å². The van der Waals surface area contributed by atoms with Gasteiger partial charge in [-0.2, -0.15) is 13.2 Å². The molecule has 0 amide bonds. The maximum atomic E-state index is 12.2. The van der Waals surface area contributed by atoms with Crippen LogP contribution in [-0.4, -0.2) is 6.98 Å². The minimum absolute atomic E-state index is 0.0461. The summed E-state index contributed by atoms with van der Waals surface area (Å²) < 4.78 is 72.1. The fourth-order valence-electron chi connectivity index (χ4n) is 1.04. The Kier molecular flexibility index (Phi) is 3.35. The predicted octanol–water partition coefficient (Wildman–Crippen LogP) is 4.11. The summed E-state index contributed by atoms with van der Waals surface area (Å²) in [6.45, 7) is -5.13. The van der Waals surface area contributed by atoms with Crippen molar-refractivity contribution in [2.45, 2.75) is 6.18 Å². The molecule has 1 rings (SSSR count). The van der Waals surface area contributed by atoms with Gasteiger partial charge in [-0.25, -0.2) is 0 Å². The number of hydrogen-bond donors (Lipinski definition) is 0. The molecule has 0 aliphatic heterocycles. The Labute approximate surface area is 87.6 Å². The molecule has 0 saturated heterocycles. The van der Waals surface area contributed by atoms with Gasteiger partial charge in [-0.15, -0.1) is 5.98 Å². The molecule has 7 heteroatoms. The third-order valence-electron chi connectivity index (χ3n) is 1.72. The van der Waals surface area contributed by atoms with Crippen molar-refractivity contribution < 1.29 is 26.1 Å². The number of benzene rings is 1. The molecule has 0 saturated carbocycles. The van der Waals surface area contributed by atoms with Crippen LogP contribution in [0.2, 0.25) is 0 Å². The van der Waals surface area contributed by atoms with Crippen molar-refractivity contribution in [3.8, 4) is 0 Å². The third-order valence-corrected chi connectivity index (χ3v) is 1.72. The zero-order valence-electron chi connectivity index (χ0n) is 7.81. The van der Waals surface area contributed by atoms with Crippen LogP contribution in [0.3, 0.4) is 0 Å². The zero-order valence-corrected chi connectivity index (χ0v) is 7.81. The summed E-state index contributed by atoms with van der Waals surface area (Å²) in [6, 6.07) is 3.70. The van der Waals surface area contributed by atoms with Gasteiger partial charge in [0.2, 0.25) is 0 Å². The lowest BCUT2D eigenvalue weighted by molar-refractivity contribution is -0.137. The van der Waals surface area contributed by atoms with E-state index in [4.69, 9.17) is 0 Å². The third kappa shape index (κ3) is 4.00. The summed E-state index contributed by atoms with van der Waals surface area (Å²) in [4.78, 5) is 0. The van der Waals surface area contributed by atoms with Gasteiger partial charge in [0.1, 0.15) is 0 Å². The monoisotopic (exact) mass is 239 g/mol. The highest BCUT2D eigenvalue weighted by molar-refractivity contribution is 6.64. The zero-order chi connectivity index (χ0) is 12.4. The highest BCUT2D eigenvalue weighted by Gasteiger charge is 2.30. The van der Waals surface area contributed by atoms with E-state index in [0.717, 1.165) is 12.1 Å². The molecule has 0 radical (unpaired) electrons. The molecule has 1 aromatic rings. The van der Waals surface area contributed by atoms with E-state index in [1.807, 2.05) is 0 Å². The van der Waals surface area contributed by atoms with Crippen molar-refractivity contribution in [2.24, 2.45) is 0 Å². The maximum Gasteiger partial charge on any atom is 0.502 e. The molecule has 0 aliphatic rings. The van der Waals surface area contributed by atoms with E-state index in [9.17, 15) is 26.1 Å². The van der Waals surface area contributed by atoms with Crippen LogP contribution in [-0.2, 0) is 6.18 Å². The highest BCUT2D eigenvalue weighted by Crippen LogP contribution is 2.29. The Morgan fingerprint density at radius 2 is 1.69 bits per heavy atom. The van der Waals surface area contributed by atoms with Gasteiger partial charge in [-0.05, 0) is 17.7 Å². The second-order valence-corrected chi connectivity index (χ2v) is 3.11. The average molecular weight is 239 g/mol. The minimum atomic E-state index is -5.13. The molecule has 16 heavy (non-hydrogen) atoms. The van der Waals surface area contributed by atoms with Crippen LogP contribution in [0.4, 0.5) is 26.1 Å². The lowest BCUT2D eigenvalue weighted by Crippen LogP contribution is -2.09. The molecule has 1 aromatic carbocycles. The first kappa shape index (κ1) is 12.7. The van der Waals surface area contributed by atoms with Gasteiger partial charge < -0.3 is 12.9 Å². The van der Waals surface area contributed by atoms with Crippen molar-refractivity contribution in [1.82, 2.24) is 0 Å². The molecule has 0 fully saturated rings. The number of hydrogen-bond acceptors (Lipinski definition) is 0. The van der Waals surface area contributed by atoms with Gasteiger partial charge in [0.05, 0.1) is 5.56 Å². The van der Waals surface area contributed by atoms with Crippen molar-refractivity contribution >= 4 is 13.1 Å². The topological polar surface area (TPSA) is 0 Å². The van der Waals surface area contributed by atoms with Crippen LogP contribution in [0.1, 0.15) is 11.1 Å². The summed E-state index contributed by atoms with van der Waals surface area (Å²) in [5, 5.41) is 0. The molecule has 0 nitrogen and oxygen atoms in total. The molecular weight excluding hydrogens is 233 g/mol. The van der Waals surface area contributed by atoms with Gasteiger partial charge in [-0.1, -0.05) is 18.2 Å². The van der Waals surface area contributed by atoms with E-state index < -0.39 is 18.7 Å². The van der Waals surface area contributed by atoms with Crippen LogP contribution in [0.25, 0.3) is 6.08 Å². The second kappa shape index (κ2) is 4.23. The summed E-state index contributed by atoms with van der Waals surface area (Å²) in [5.74, 6) is -0.0461. The SMILES string of the molecule is F[B-](F)(F)/C=C/c1cccc(C(F)(F)F)c1. The molecule has 0 atom stereocenters. The Morgan fingerprint density at radius 1 is 1.06 bits per heavy atom. The Hall–Kier alpha value is -1.40. The molecule has 0 aromatic heterocycles. The Morgan fingerprint density at radius 3 is 2.19 bits per heavy atom. The molecule has 0 aliphatic carbocycles. The molecule has 0 heterocycles. The molecule has 88 valence electrons. The van der Waals surface area contributed by atoms with E-state index >= 15 is 0 Å². The molecule has 0 bridgehead atoms. The molecule has 0 spiro atoms. The van der Waals surface area contributed by atoms with Crippen LogP contribution >= 0.6 is 0 Å². The lowest BCUT2D eigenvalue weighted by Gasteiger charge is -2.08. The van der Waals surface area contributed by atoms with Gasteiger partial charge >= 0.3 is 13.2 Å². The Balaban J connectivity index is 2.96. The van der Waals surface area contributed by atoms with Crippen molar-refractivity contribution in [2.75, 3.05) is 0 Å². The summed E-state index contributed by atoms with van der Waals surface area (Å²) in [5.41, 5.74) is -1.10. The number of halogens is 6. The first-order chi connectivity index (χ1) is 7.18. The first-order valence-corrected chi connectivity index (χ1v) is 4.25. The van der Waals surface area contributed by atoms with E-state index in [2.05, 4.69) is 0 Å². The Bertz CT molecular complexity index is 390. The first-order valence-electron chi connectivity index (χ1n) is 4.25. The summed E-state index contributed by atoms with van der Waals surface area (Å²) >= 11 is 0. The van der Waals surface area contributed by atoms with Crippen molar-refractivity contribution in [3.63, 3.8) is 0 Å². The quantitative estimate of drug-likeness (QED) is 0.538. The number of alkyl halides is 3. The minimum Gasteiger partial charge on any atom is -0.445 e. The van der Waals surface area contributed by atoms with Crippen LogP contribution < -0.4 is 0 Å². The van der Waals surface area contributed by atoms with Crippen molar-refractivity contribution in [3.05, 3.63) is 41.4 Å². The van der Waals surface area contributed by atoms with E-state index in [1.54, 1.807) is 0 Å². The largest absolute Gasteiger partial charge is 0.502 e. The molecule has 0 unspecified atom stereocenters. The number of rotatable bonds is 2. The van der Waals surface area contributed by atoms with E-state index in [-0.39, 0.29) is 11.5 Å². The van der Waals surface area contributed by atoms with Crippen LogP contribution in [0.5, 0.6) is 0 Å². The van der Waals surface area contributed by atoms with Gasteiger partial charge in [0, 0.05) is 0 Å². The second-order valence-electron chi connectivity index (χ2n) is 3.11. The van der Waals surface area contributed by atoms with Crippen LogP contribution in [0, 0.1) is 0 Å². The van der Waals surface area contributed by atoms with Crippen LogP contribution in [0.15, 0.2) is 30.2 Å². The van der Waals surface area contributed by atoms with E-state index in [1.165, 1.54) is 6.07 Å². The fraction of sp³-hybridized carbons (Fsp3) is 0.111. The summed E-state index contributed by atoms with van der Waals surface area (Å²) in [6.07, 6.45) is -3.93. The van der Waals surface area contributed by atoms with Crippen molar-refractivity contribution in [1.29, 1.82) is 0 Å². The highest BCUT2D eigenvalue weighted by atomic mass is 19.4. The van der Waals surface area contributed by atoms with E-state index in [0.29, 0.717) is 12.1 Å². The smallest absolute Gasteiger partial charge is 0.445 e. The fourth-order valence-corrected chi connectivity index (χ4v) is 1.04. The molecule has 0 N–H and O–H groups in total. The predicted molar refractivity (Wildman–Crippen MR) is 49.6 cm³/mol. The van der Waals surface area contributed by atoms with Gasteiger partial charge in [0.15, 0.2) is 0 Å². The average Bonchev–Trinajstić information content (AvgIpc) is 2.13. The van der Waals surface area contributed by atoms with Gasteiger partial charge in [0.25, 0.3) is 0 Å².